The van der Waals surface area contributed by atoms with Gasteiger partial charge in [0.2, 0.25) is 0 Å². The van der Waals surface area contributed by atoms with Gasteiger partial charge in [0.05, 0.1) is 0 Å². The van der Waals surface area contributed by atoms with Crippen LogP contribution in [-0.4, -0.2) is 35.4 Å². The molecule has 0 radical (unpaired) electrons. The predicted molar refractivity (Wildman–Crippen MR) is 59.4 cm³/mol. The van der Waals surface area contributed by atoms with Crippen LogP contribution in [0.3, 0.4) is 0 Å². The fraction of sp³-hybridized carbons (Fsp3) is 0.778. The van der Waals surface area contributed by atoms with E-state index in [0.29, 0.717) is 0 Å². The van der Waals surface area contributed by atoms with Gasteiger partial charge >= 0.3 is 12.1 Å². The zero-order valence-electron chi connectivity index (χ0n) is 10.0. The number of carbonyl (C=O) groups is 2. The summed E-state index contributed by atoms with van der Waals surface area (Å²) in [6.45, 7) is 5.21. The molecular weight excluding hydrogens is 228 g/mol. The highest BCUT2D eigenvalue weighted by Gasteiger charge is 2.18. The predicted octanol–water partition coefficient (Wildman–Crippen LogP) is 1.66. The fourth-order valence-corrected chi connectivity index (χ4v) is 0.918. The molecule has 0 spiro atoms. The topological polar surface area (TPSA) is 124 Å². The minimum absolute atomic E-state index is 0.0125. The third kappa shape index (κ3) is 7.92. The molecule has 1 atom stereocenters. The molecule has 0 aliphatic carbocycles. The molecule has 0 aromatic carbocycles. The lowest BCUT2D eigenvalue weighted by molar-refractivity contribution is -0.138. The average Bonchev–Trinajstić information content (AvgIpc) is 2.13. The van der Waals surface area contributed by atoms with E-state index in [-0.39, 0.29) is 13.0 Å². The average molecular weight is 244 g/mol. The molecule has 0 bridgehead atoms. The van der Waals surface area contributed by atoms with Crippen LogP contribution in [0, 0.1) is 0 Å². The van der Waals surface area contributed by atoms with Gasteiger partial charge < -0.3 is 15.2 Å². The van der Waals surface area contributed by atoms with Crippen LogP contribution in [0.4, 0.5) is 4.79 Å². The summed E-state index contributed by atoms with van der Waals surface area (Å²) in [5.74, 6) is -1.23. The molecule has 2 N–H and O–H groups in total. The molecular formula is C9H16N4O4. The second-order valence-corrected chi connectivity index (χ2v) is 4.28. The number of amides is 1. The van der Waals surface area contributed by atoms with Crippen LogP contribution in [0.2, 0.25) is 0 Å². The molecule has 0 aromatic heterocycles. The van der Waals surface area contributed by atoms with Gasteiger partial charge in [-0.05, 0) is 32.7 Å². The van der Waals surface area contributed by atoms with Gasteiger partial charge in [-0.2, -0.15) is 0 Å². The molecule has 96 valence electrons. The van der Waals surface area contributed by atoms with E-state index in [4.69, 9.17) is 15.4 Å². The zero-order valence-corrected chi connectivity index (χ0v) is 10.0. The van der Waals surface area contributed by atoms with Gasteiger partial charge in [-0.25, -0.2) is 4.79 Å². The molecule has 0 aromatic rings. The Hall–Kier alpha value is -1.95. The normalized spacial score (nSPS) is 12.2. The monoisotopic (exact) mass is 244 g/mol. The number of ether oxygens (including phenoxy) is 1. The highest BCUT2D eigenvalue weighted by molar-refractivity contribution is 5.73. The molecule has 8 heteroatoms. The molecule has 0 aliphatic heterocycles. The van der Waals surface area contributed by atoms with E-state index < -0.39 is 23.7 Å². The maximum Gasteiger partial charge on any atom is 0.407 e. The van der Waals surface area contributed by atoms with Crippen LogP contribution < -0.4 is 5.32 Å². The minimum atomic E-state index is -1.23. The van der Waals surface area contributed by atoms with Crippen LogP contribution in [0.15, 0.2) is 5.11 Å². The van der Waals surface area contributed by atoms with Crippen molar-refractivity contribution in [3.63, 3.8) is 0 Å². The fourth-order valence-electron chi connectivity index (χ4n) is 0.918. The van der Waals surface area contributed by atoms with E-state index >= 15 is 0 Å². The number of carboxylic acids is 1. The first-order valence-corrected chi connectivity index (χ1v) is 5.00. The standard InChI is InChI=1S/C9H16N4O4/c1-9(2,3)17-8(16)11-5-4-6(7(14)15)12-13-10/h6H,4-5H2,1-3H3,(H,11,16)(H,14,15). The summed E-state index contributed by atoms with van der Waals surface area (Å²) in [6.07, 6.45) is -0.624. The second kappa shape index (κ2) is 6.59. The Balaban J connectivity index is 4.01. The number of azide groups is 1. The highest BCUT2D eigenvalue weighted by Crippen LogP contribution is 2.06. The number of hydrogen-bond donors (Lipinski definition) is 2. The lowest BCUT2D eigenvalue weighted by Crippen LogP contribution is -2.34. The van der Waals surface area contributed by atoms with E-state index in [1.54, 1.807) is 20.8 Å². The third-order valence-electron chi connectivity index (χ3n) is 1.56. The number of aliphatic carboxylic acids is 1. The van der Waals surface area contributed by atoms with Crippen molar-refractivity contribution >= 4 is 12.1 Å². The van der Waals surface area contributed by atoms with Gasteiger partial charge in [0.1, 0.15) is 11.6 Å². The molecule has 17 heavy (non-hydrogen) atoms. The number of rotatable bonds is 5. The molecule has 1 unspecified atom stereocenters. The molecule has 0 saturated carbocycles. The van der Waals surface area contributed by atoms with Crippen LogP contribution in [-0.2, 0) is 9.53 Å². The summed E-state index contributed by atoms with van der Waals surface area (Å²) in [7, 11) is 0. The van der Waals surface area contributed by atoms with Gasteiger partial charge in [-0.1, -0.05) is 5.11 Å². The summed E-state index contributed by atoms with van der Waals surface area (Å²) >= 11 is 0. The summed E-state index contributed by atoms with van der Waals surface area (Å²) in [4.78, 5) is 24.2. The highest BCUT2D eigenvalue weighted by atomic mass is 16.6. The zero-order chi connectivity index (χ0) is 13.5. The van der Waals surface area contributed by atoms with Crippen LogP contribution >= 0.6 is 0 Å². The van der Waals surface area contributed by atoms with E-state index in [1.165, 1.54) is 0 Å². The van der Waals surface area contributed by atoms with Crippen molar-refractivity contribution in [2.45, 2.75) is 38.8 Å². The molecule has 0 heterocycles. The van der Waals surface area contributed by atoms with Gasteiger partial charge in [-0.15, -0.1) is 0 Å². The van der Waals surface area contributed by atoms with Gasteiger partial charge in [0.15, 0.2) is 0 Å². The second-order valence-electron chi connectivity index (χ2n) is 4.28. The van der Waals surface area contributed by atoms with Gasteiger partial charge in [0.25, 0.3) is 0 Å². The maximum absolute atomic E-state index is 11.2. The summed E-state index contributed by atoms with van der Waals surface area (Å²) < 4.78 is 4.94. The number of nitrogens with one attached hydrogen (secondary N) is 1. The number of alkyl carbamates (subject to hydrolysis) is 1. The first-order valence-electron chi connectivity index (χ1n) is 5.00. The molecule has 0 rings (SSSR count). The Bertz CT molecular complexity index is 328. The Morgan fingerprint density at radius 2 is 2.12 bits per heavy atom. The smallest absolute Gasteiger partial charge is 0.407 e. The van der Waals surface area contributed by atoms with Crippen LogP contribution in [0.25, 0.3) is 10.4 Å². The summed E-state index contributed by atoms with van der Waals surface area (Å²) in [5, 5.41) is 14.1. The van der Waals surface area contributed by atoms with E-state index in [1.807, 2.05) is 0 Å². The number of nitrogens with zero attached hydrogens (tertiary/aromatic N) is 3. The molecule has 8 nitrogen and oxygen atoms in total. The van der Waals surface area contributed by atoms with Crippen molar-refractivity contribution in [2.24, 2.45) is 5.11 Å². The Kier molecular flexibility index (Phi) is 5.84. The number of hydrogen-bond acceptors (Lipinski definition) is 4. The minimum Gasteiger partial charge on any atom is -0.481 e. The van der Waals surface area contributed by atoms with Crippen LogP contribution in [0.1, 0.15) is 27.2 Å². The Morgan fingerprint density at radius 1 is 1.53 bits per heavy atom. The van der Waals surface area contributed by atoms with Crippen molar-refractivity contribution in [3.8, 4) is 0 Å². The lowest BCUT2D eigenvalue weighted by atomic mass is 10.2. The summed E-state index contributed by atoms with van der Waals surface area (Å²) in [6, 6.07) is -1.19. The quantitative estimate of drug-likeness (QED) is 0.433. The Morgan fingerprint density at radius 3 is 2.53 bits per heavy atom. The largest absolute Gasteiger partial charge is 0.481 e. The third-order valence-corrected chi connectivity index (χ3v) is 1.56. The van der Waals surface area contributed by atoms with Gasteiger partial charge in [-0.3, -0.25) is 4.79 Å². The number of carboxylic acid groups (broad SMARTS) is 1. The Labute approximate surface area is 98.6 Å². The van der Waals surface area contributed by atoms with Crippen LogP contribution in [0.5, 0.6) is 0 Å². The van der Waals surface area contributed by atoms with Crippen molar-refractivity contribution in [2.75, 3.05) is 6.54 Å². The number of carbonyl (C=O) groups excluding carboxylic acids is 1. The first kappa shape index (κ1) is 15.0. The van der Waals surface area contributed by atoms with Crippen molar-refractivity contribution in [1.82, 2.24) is 5.32 Å². The maximum atomic E-state index is 11.2. The molecule has 0 saturated heterocycles. The van der Waals surface area contributed by atoms with E-state index in [9.17, 15) is 9.59 Å². The van der Waals surface area contributed by atoms with E-state index in [2.05, 4.69) is 15.3 Å². The van der Waals surface area contributed by atoms with Gasteiger partial charge in [0, 0.05) is 11.5 Å². The van der Waals surface area contributed by atoms with E-state index in [0.717, 1.165) is 0 Å². The van der Waals surface area contributed by atoms with Crippen molar-refractivity contribution < 1.29 is 19.4 Å². The molecule has 0 fully saturated rings. The van der Waals surface area contributed by atoms with Crippen molar-refractivity contribution in [1.29, 1.82) is 0 Å². The molecule has 1 amide bonds. The lowest BCUT2D eigenvalue weighted by Gasteiger charge is -2.19. The SMILES string of the molecule is CC(C)(C)OC(=O)NCCC(N=[N+]=[N-])C(=O)O. The van der Waals surface area contributed by atoms with Crippen molar-refractivity contribution in [3.05, 3.63) is 10.4 Å². The first-order chi connectivity index (χ1) is 7.76. The summed E-state index contributed by atoms with van der Waals surface area (Å²) in [5.41, 5.74) is 7.52. The molecule has 0 aliphatic rings.